The lowest BCUT2D eigenvalue weighted by molar-refractivity contribution is -0.133. The predicted octanol–water partition coefficient (Wildman–Crippen LogP) is 2.06. The third kappa shape index (κ3) is 2.66. The van der Waals surface area contributed by atoms with E-state index in [9.17, 15) is 4.79 Å². The molecule has 108 valence electrons. The molecule has 0 unspecified atom stereocenters. The van der Waals surface area contributed by atoms with Gasteiger partial charge in [-0.15, -0.1) is 0 Å². The van der Waals surface area contributed by atoms with Crippen molar-refractivity contribution in [1.29, 1.82) is 0 Å². The monoisotopic (exact) mass is 274 g/mol. The number of hydrogen-bond acceptors (Lipinski definition) is 3. The van der Waals surface area contributed by atoms with Gasteiger partial charge in [-0.1, -0.05) is 18.2 Å². The molecule has 0 saturated carbocycles. The number of amides is 1. The molecule has 0 spiro atoms. The van der Waals surface area contributed by atoms with Crippen molar-refractivity contribution in [3.63, 3.8) is 0 Å². The molecule has 0 bridgehead atoms. The lowest BCUT2D eigenvalue weighted by atomic mass is 9.99. The van der Waals surface area contributed by atoms with E-state index in [1.807, 2.05) is 30.1 Å². The summed E-state index contributed by atoms with van der Waals surface area (Å²) in [4.78, 5) is 16.6. The van der Waals surface area contributed by atoms with E-state index in [0.29, 0.717) is 13.2 Å². The minimum absolute atomic E-state index is 0.148. The van der Waals surface area contributed by atoms with Gasteiger partial charge in [0.15, 0.2) is 0 Å². The van der Waals surface area contributed by atoms with Gasteiger partial charge in [-0.05, 0) is 32.0 Å². The average Bonchev–Trinajstić information content (AvgIpc) is 2.99. The number of carbonyl (C=O) groups is 1. The van der Waals surface area contributed by atoms with Crippen LogP contribution in [-0.2, 0) is 4.79 Å². The number of carbonyl (C=O) groups excluding carboxylic acids is 1. The number of benzene rings is 1. The molecule has 0 radical (unpaired) electrons. The number of fused-ring (bicyclic) bond motifs is 1. The van der Waals surface area contributed by atoms with Crippen molar-refractivity contribution in [1.82, 2.24) is 9.80 Å². The van der Waals surface area contributed by atoms with Crippen LogP contribution >= 0.6 is 0 Å². The van der Waals surface area contributed by atoms with E-state index < -0.39 is 0 Å². The normalized spacial score (nSPS) is 22.1. The summed E-state index contributed by atoms with van der Waals surface area (Å²) in [5.74, 6) is 1.14. The number of hydrogen-bond donors (Lipinski definition) is 0. The fourth-order valence-corrected chi connectivity index (χ4v) is 3.14. The maximum atomic E-state index is 12.5. The van der Waals surface area contributed by atoms with Crippen LogP contribution in [0.5, 0.6) is 5.75 Å². The Morgan fingerprint density at radius 2 is 2.10 bits per heavy atom. The molecule has 0 aromatic heterocycles. The van der Waals surface area contributed by atoms with Gasteiger partial charge in [0.25, 0.3) is 0 Å². The fourth-order valence-electron chi connectivity index (χ4n) is 3.14. The molecule has 3 rings (SSSR count). The van der Waals surface area contributed by atoms with Crippen LogP contribution in [0.4, 0.5) is 0 Å². The van der Waals surface area contributed by atoms with E-state index in [0.717, 1.165) is 30.8 Å². The second kappa shape index (κ2) is 5.83. The summed E-state index contributed by atoms with van der Waals surface area (Å²) in [6.45, 7) is 3.35. The van der Waals surface area contributed by atoms with Crippen LogP contribution in [0.3, 0.4) is 0 Å². The number of para-hydroxylation sites is 1. The van der Waals surface area contributed by atoms with Crippen molar-refractivity contribution in [2.45, 2.75) is 25.3 Å². The van der Waals surface area contributed by atoms with Crippen molar-refractivity contribution in [3.8, 4) is 5.75 Å². The third-order valence-electron chi connectivity index (χ3n) is 4.35. The van der Waals surface area contributed by atoms with Crippen molar-refractivity contribution in [2.24, 2.45) is 0 Å². The number of rotatable bonds is 3. The molecule has 2 aliphatic rings. The first-order valence-electron chi connectivity index (χ1n) is 7.45. The molecule has 1 aromatic carbocycles. The fraction of sp³-hybridized carbons (Fsp3) is 0.562. The van der Waals surface area contributed by atoms with Gasteiger partial charge in [0, 0.05) is 19.0 Å². The van der Waals surface area contributed by atoms with Crippen LogP contribution in [-0.4, -0.2) is 49.0 Å². The molecular formula is C16H22N2O2. The minimum Gasteiger partial charge on any atom is -0.493 e. The molecule has 2 heterocycles. The van der Waals surface area contributed by atoms with Crippen molar-refractivity contribution >= 4 is 5.91 Å². The van der Waals surface area contributed by atoms with E-state index in [1.165, 1.54) is 12.8 Å². The average molecular weight is 274 g/mol. The number of nitrogens with zero attached hydrogens (tertiary/aromatic N) is 2. The minimum atomic E-state index is 0.148. The Morgan fingerprint density at radius 3 is 2.90 bits per heavy atom. The SMILES string of the molecule is CN(C(=O)CN1CCCC1)[C@H]1CCOc2ccccc21. The van der Waals surface area contributed by atoms with E-state index >= 15 is 0 Å². The van der Waals surface area contributed by atoms with E-state index in [1.54, 1.807) is 0 Å². The number of likely N-dealkylation sites (N-methyl/N-ethyl adjacent to an activating group) is 1. The molecule has 4 nitrogen and oxygen atoms in total. The van der Waals surface area contributed by atoms with Crippen LogP contribution in [0.15, 0.2) is 24.3 Å². The van der Waals surface area contributed by atoms with Crippen LogP contribution in [0.1, 0.15) is 30.9 Å². The van der Waals surface area contributed by atoms with Crippen LogP contribution < -0.4 is 4.74 Å². The van der Waals surface area contributed by atoms with Crippen LogP contribution in [0.25, 0.3) is 0 Å². The third-order valence-corrected chi connectivity index (χ3v) is 4.35. The first kappa shape index (κ1) is 13.4. The standard InChI is InChI=1S/C16H22N2O2/c1-17(16(19)12-18-9-4-5-10-18)14-8-11-20-15-7-3-2-6-13(14)15/h2-3,6-7,14H,4-5,8-12H2,1H3/t14-/m0/s1. The molecule has 1 atom stereocenters. The Labute approximate surface area is 120 Å². The van der Waals surface area contributed by atoms with Gasteiger partial charge >= 0.3 is 0 Å². The second-order valence-electron chi connectivity index (χ2n) is 5.68. The van der Waals surface area contributed by atoms with Crippen LogP contribution in [0, 0.1) is 0 Å². The zero-order chi connectivity index (χ0) is 13.9. The van der Waals surface area contributed by atoms with Gasteiger partial charge in [-0.3, -0.25) is 9.69 Å². The largest absolute Gasteiger partial charge is 0.493 e. The van der Waals surface area contributed by atoms with Gasteiger partial charge < -0.3 is 9.64 Å². The molecule has 0 aliphatic carbocycles. The summed E-state index contributed by atoms with van der Waals surface area (Å²) < 4.78 is 5.67. The lowest BCUT2D eigenvalue weighted by Crippen LogP contribution is -2.40. The molecule has 2 aliphatic heterocycles. The lowest BCUT2D eigenvalue weighted by Gasteiger charge is -2.34. The van der Waals surface area contributed by atoms with Crippen LogP contribution in [0.2, 0.25) is 0 Å². The Hall–Kier alpha value is -1.55. The Morgan fingerprint density at radius 1 is 1.35 bits per heavy atom. The maximum absolute atomic E-state index is 12.5. The first-order valence-corrected chi connectivity index (χ1v) is 7.45. The Bertz CT molecular complexity index is 483. The number of ether oxygens (including phenoxy) is 1. The van der Waals surface area contributed by atoms with Gasteiger partial charge in [-0.2, -0.15) is 0 Å². The van der Waals surface area contributed by atoms with E-state index in [-0.39, 0.29) is 11.9 Å². The summed E-state index contributed by atoms with van der Waals surface area (Å²) in [5, 5.41) is 0. The summed E-state index contributed by atoms with van der Waals surface area (Å²) in [6, 6.07) is 8.20. The topological polar surface area (TPSA) is 32.8 Å². The summed E-state index contributed by atoms with van der Waals surface area (Å²) >= 11 is 0. The van der Waals surface area contributed by atoms with Crippen molar-refractivity contribution in [3.05, 3.63) is 29.8 Å². The number of likely N-dealkylation sites (tertiary alicyclic amines) is 1. The summed E-state index contributed by atoms with van der Waals surface area (Å²) in [6.07, 6.45) is 3.31. The van der Waals surface area contributed by atoms with Crippen molar-refractivity contribution in [2.75, 3.05) is 33.3 Å². The molecule has 20 heavy (non-hydrogen) atoms. The maximum Gasteiger partial charge on any atom is 0.237 e. The van der Waals surface area contributed by atoms with Crippen molar-refractivity contribution < 1.29 is 9.53 Å². The smallest absolute Gasteiger partial charge is 0.237 e. The highest BCUT2D eigenvalue weighted by Gasteiger charge is 2.28. The molecular weight excluding hydrogens is 252 g/mol. The zero-order valence-corrected chi connectivity index (χ0v) is 12.0. The summed E-state index contributed by atoms with van der Waals surface area (Å²) in [7, 11) is 1.92. The molecule has 1 fully saturated rings. The highest BCUT2D eigenvalue weighted by Crippen LogP contribution is 2.35. The van der Waals surface area contributed by atoms with E-state index in [4.69, 9.17) is 4.74 Å². The predicted molar refractivity (Wildman–Crippen MR) is 77.7 cm³/mol. The highest BCUT2D eigenvalue weighted by molar-refractivity contribution is 5.78. The Balaban J connectivity index is 1.70. The molecule has 1 aromatic rings. The van der Waals surface area contributed by atoms with Gasteiger partial charge in [0.05, 0.1) is 19.2 Å². The van der Waals surface area contributed by atoms with Gasteiger partial charge in [0.1, 0.15) is 5.75 Å². The first-order chi connectivity index (χ1) is 9.75. The molecule has 0 N–H and O–H groups in total. The second-order valence-corrected chi connectivity index (χ2v) is 5.68. The Kier molecular flexibility index (Phi) is 3.92. The molecule has 1 saturated heterocycles. The van der Waals surface area contributed by atoms with Gasteiger partial charge in [-0.25, -0.2) is 0 Å². The van der Waals surface area contributed by atoms with E-state index in [2.05, 4.69) is 11.0 Å². The molecule has 1 amide bonds. The molecule has 4 heteroatoms. The van der Waals surface area contributed by atoms with Gasteiger partial charge in [0.2, 0.25) is 5.91 Å². The zero-order valence-electron chi connectivity index (χ0n) is 12.0. The quantitative estimate of drug-likeness (QED) is 0.846. The highest BCUT2D eigenvalue weighted by atomic mass is 16.5. The summed E-state index contributed by atoms with van der Waals surface area (Å²) in [5.41, 5.74) is 1.14.